The molecule has 0 aromatic rings. The number of aliphatic hydroxyl groups excluding tert-OH is 2. The molecule has 0 fully saturated rings. The molecule has 0 heterocycles. The SMILES string of the molecule is CCCCC/C=C\C/C=C\CCCCCCCCCCCC(=O)OCCCCCCCCCCCC/C=C\CCCCCCCCCC(=O)NC(CO)C(O)CCCCCCCCCCCCCCCCCCCCCC. The number of allylic oxidation sites excluding steroid dienone is 6. The molecule has 0 aromatic heterocycles. The molecule has 2 unspecified atom stereocenters. The van der Waals surface area contributed by atoms with Gasteiger partial charge in [-0.15, -0.1) is 0 Å². The molecule has 0 saturated carbocycles. The van der Waals surface area contributed by atoms with Crippen molar-refractivity contribution in [2.45, 2.75) is 392 Å². The third kappa shape index (κ3) is 63.1. The van der Waals surface area contributed by atoms with E-state index >= 15 is 0 Å². The van der Waals surface area contributed by atoms with Gasteiger partial charge in [0.15, 0.2) is 0 Å². The van der Waals surface area contributed by atoms with E-state index in [1.807, 2.05) is 0 Å². The van der Waals surface area contributed by atoms with Gasteiger partial charge in [-0.25, -0.2) is 0 Å². The van der Waals surface area contributed by atoms with Crippen molar-refractivity contribution in [3.63, 3.8) is 0 Å². The van der Waals surface area contributed by atoms with Crippen LogP contribution in [0, 0.1) is 0 Å². The van der Waals surface area contributed by atoms with Gasteiger partial charge in [-0.05, 0) is 83.5 Å². The first kappa shape index (κ1) is 75.1. The molecule has 0 aliphatic rings. The fourth-order valence-electron chi connectivity index (χ4n) is 10.8. The molecule has 0 saturated heterocycles. The van der Waals surface area contributed by atoms with E-state index in [-0.39, 0.29) is 18.5 Å². The molecule has 454 valence electrons. The summed E-state index contributed by atoms with van der Waals surface area (Å²) in [7, 11) is 0. The lowest BCUT2D eigenvalue weighted by Crippen LogP contribution is -2.45. The van der Waals surface area contributed by atoms with Gasteiger partial charge in [-0.1, -0.05) is 320 Å². The van der Waals surface area contributed by atoms with Gasteiger partial charge in [0.05, 0.1) is 25.4 Å². The van der Waals surface area contributed by atoms with Crippen molar-refractivity contribution in [1.82, 2.24) is 5.32 Å². The zero-order valence-corrected chi connectivity index (χ0v) is 52.0. The van der Waals surface area contributed by atoms with Crippen LogP contribution in [-0.4, -0.2) is 47.4 Å². The fourth-order valence-corrected chi connectivity index (χ4v) is 10.8. The van der Waals surface area contributed by atoms with Crippen LogP contribution in [0.5, 0.6) is 0 Å². The normalized spacial score (nSPS) is 12.7. The van der Waals surface area contributed by atoms with Gasteiger partial charge in [0.1, 0.15) is 0 Å². The number of unbranched alkanes of at least 4 members (excludes halogenated alkanes) is 48. The van der Waals surface area contributed by atoms with E-state index in [9.17, 15) is 19.8 Å². The number of aliphatic hydroxyl groups is 2. The topological polar surface area (TPSA) is 95.9 Å². The number of nitrogens with one attached hydrogen (secondary N) is 1. The summed E-state index contributed by atoms with van der Waals surface area (Å²) in [5.74, 6) is -0.0343. The minimum Gasteiger partial charge on any atom is -0.466 e. The predicted molar refractivity (Wildman–Crippen MR) is 338 cm³/mol. The number of amides is 1. The number of esters is 1. The van der Waals surface area contributed by atoms with Crippen LogP contribution >= 0.6 is 0 Å². The molecule has 6 nitrogen and oxygen atoms in total. The number of carbonyl (C=O) groups excluding carboxylic acids is 2. The van der Waals surface area contributed by atoms with E-state index in [2.05, 4.69) is 55.6 Å². The second kappa shape index (κ2) is 66.6. The lowest BCUT2D eigenvalue weighted by Gasteiger charge is -2.22. The van der Waals surface area contributed by atoms with E-state index in [0.29, 0.717) is 25.9 Å². The Labute approximate surface area is 481 Å². The maximum Gasteiger partial charge on any atom is 0.305 e. The van der Waals surface area contributed by atoms with Crippen LogP contribution in [0.2, 0.25) is 0 Å². The molecule has 0 rings (SSSR count). The first-order valence-corrected chi connectivity index (χ1v) is 34.7. The van der Waals surface area contributed by atoms with Crippen molar-refractivity contribution in [1.29, 1.82) is 0 Å². The van der Waals surface area contributed by atoms with Crippen molar-refractivity contribution in [2.24, 2.45) is 0 Å². The number of carbonyl (C=O) groups is 2. The second-order valence-corrected chi connectivity index (χ2v) is 23.9. The van der Waals surface area contributed by atoms with Crippen molar-refractivity contribution < 1.29 is 24.5 Å². The van der Waals surface area contributed by atoms with E-state index in [0.717, 1.165) is 51.4 Å². The van der Waals surface area contributed by atoms with Crippen LogP contribution in [0.1, 0.15) is 380 Å². The Morgan fingerprint density at radius 2 is 0.649 bits per heavy atom. The minimum atomic E-state index is -0.671. The summed E-state index contributed by atoms with van der Waals surface area (Å²) in [5.41, 5.74) is 0. The second-order valence-electron chi connectivity index (χ2n) is 23.9. The third-order valence-corrected chi connectivity index (χ3v) is 16.2. The maximum atomic E-state index is 12.5. The average molecular weight is 1080 g/mol. The van der Waals surface area contributed by atoms with Crippen molar-refractivity contribution >= 4 is 11.9 Å². The van der Waals surface area contributed by atoms with Crippen LogP contribution in [0.4, 0.5) is 0 Å². The fraction of sp³-hybridized carbons (Fsp3) is 0.887. The van der Waals surface area contributed by atoms with Crippen molar-refractivity contribution in [2.75, 3.05) is 13.2 Å². The zero-order valence-electron chi connectivity index (χ0n) is 52.0. The first-order valence-electron chi connectivity index (χ1n) is 34.7. The highest BCUT2D eigenvalue weighted by molar-refractivity contribution is 5.76. The van der Waals surface area contributed by atoms with Crippen LogP contribution in [0.15, 0.2) is 36.5 Å². The summed E-state index contributed by atoms with van der Waals surface area (Å²) in [5, 5.41) is 23.4. The first-order chi connectivity index (χ1) is 38.0. The highest BCUT2D eigenvalue weighted by Crippen LogP contribution is 2.18. The lowest BCUT2D eigenvalue weighted by atomic mass is 10.0. The van der Waals surface area contributed by atoms with Crippen LogP contribution in [-0.2, 0) is 14.3 Å². The van der Waals surface area contributed by atoms with E-state index < -0.39 is 12.1 Å². The molecular formula is C71H135NO5. The Balaban J connectivity index is 3.41. The standard InChI is InChI=1S/C71H135NO5/c1-3-5-7-9-11-13-15-17-19-21-23-28-31-35-39-43-47-51-55-59-63-69(74)68(67-73)72-70(75)64-60-56-52-48-44-40-36-32-29-25-24-26-30-34-38-42-46-50-54-58-62-66-77-71(76)65-61-57-53-49-45-41-37-33-27-22-20-18-16-14-12-10-8-6-4-2/h12,14,18,20,25,29,68-69,73-74H,3-11,13,15-17,19,21-24,26-28,30-67H2,1-2H3,(H,72,75)/b14-12-,20-18-,29-25-. The number of ether oxygens (including phenoxy) is 1. The number of hydrogen-bond acceptors (Lipinski definition) is 5. The van der Waals surface area contributed by atoms with Gasteiger partial charge in [-0.3, -0.25) is 9.59 Å². The summed E-state index contributed by atoms with van der Waals surface area (Å²) in [6.45, 7) is 4.95. The molecule has 2 atom stereocenters. The summed E-state index contributed by atoms with van der Waals surface area (Å²) >= 11 is 0. The van der Waals surface area contributed by atoms with Gasteiger partial charge < -0.3 is 20.3 Å². The Bertz CT molecular complexity index is 1250. The van der Waals surface area contributed by atoms with Gasteiger partial charge in [0, 0.05) is 12.8 Å². The Kier molecular flexibility index (Phi) is 64.9. The van der Waals surface area contributed by atoms with Gasteiger partial charge in [0.2, 0.25) is 5.91 Å². The summed E-state index contributed by atoms with van der Waals surface area (Å²) in [6.07, 6.45) is 84.6. The summed E-state index contributed by atoms with van der Waals surface area (Å²) < 4.78 is 5.50. The smallest absolute Gasteiger partial charge is 0.305 e. The minimum absolute atomic E-state index is 0.00512. The number of hydrogen-bond donors (Lipinski definition) is 3. The van der Waals surface area contributed by atoms with Gasteiger partial charge in [-0.2, -0.15) is 0 Å². The maximum absolute atomic E-state index is 12.5. The Hall–Kier alpha value is -1.92. The molecule has 0 aromatic carbocycles. The van der Waals surface area contributed by atoms with Crippen LogP contribution < -0.4 is 5.32 Å². The zero-order chi connectivity index (χ0) is 55.7. The summed E-state index contributed by atoms with van der Waals surface area (Å²) in [4.78, 5) is 24.6. The number of rotatable bonds is 65. The highest BCUT2D eigenvalue weighted by Gasteiger charge is 2.20. The monoisotopic (exact) mass is 1080 g/mol. The van der Waals surface area contributed by atoms with Crippen molar-refractivity contribution in [3.05, 3.63) is 36.5 Å². The Morgan fingerprint density at radius 1 is 0.364 bits per heavy atom. The molecule has 0 radical (unpaired) electrons. The molecule has 77 heavy (non-hydrogen) atoms. The largest absolute Gasteiger partial charge is 0.466 e. The molecule has 3 N–H and O–H groups in total. The third-order valence-electron chi connectivity index (χ3n) is 16.2. The van der Waals surface area contributed by atoms with Gasteiger partial charge in [0.25, 0.3) is 0 Å². The molecule has 6 heteroatoms. The average Bonchev–Trinajstić information content (AvgIpc) is 3.43. The molecule has 0 aliphatic heterocycles. The van der Waals surface area contributed by atoms with Gasteiger partial charge >= 0.3 is 5.97 Å². The lowest BCUT2D eigenvalue weighted by molar-refractivity contribution is -0.143. The van der Waals surface area contributed by atoms with E-state index in [1.165, 1.54) is 295 Å². The van der Waals surface area contributed by atoms with E-state index in [1.54, 1.807) is 0 Å². The molecular weight excluding hydrogens is 947 g/mol. The quantitative estimate of drug-likeness (QED) is 0.0320. The van der Waals surface area contributed by atoms with E-state index in [4.69, 9.17) is 4.74 Å². The summed E-state index contributed by atoms with van der Waals surface area (Å²) in [6, 6.07) is -0.549. The molecule has 1 amide bonds. The Morgan fingerprint density at radius 3 is 1.03 bits per heavy atom. The predicted octanol–water partition coefficient (Wildman–Crippen LogP) is 22.3. The molecule has 0 spiro atoms. The highest BCUT2D eigenvalue weighted by atomic mass is 16.5. The van der Waals surface area contributed by atoms with Crippen LogP contribution in [0.3, 0.4) is 0 Å². The molecule has 0 aliphatic carbocycles. The van der Waals surface area contributed by atoms with Crippen molar-refractivity contribution in [3.8, 4) is 0 Å². The van der Waals surface area contributed by atoms with Crippen LogP contribution in [0.25, 0.3) is 0 Å². The molecule has 0 bridgehead atoms.